The van der Waals surface area contributed by atoms with E-state index in [0.29, 0.717) is 11.3 Å². The molecular weight excluding hydrogens is 408 g/mol. The highest BCUT2D eigenvalue weighted by Gasteiger charge is 2.22. The molecular formula is C25H28N2O3S. The quantitative estimate of drug-likeness (QED) is 0.532. The highest BCUT2D eigenvalue weighted by atomic mass is 32.2. The standard InChI is InChI=1S/C25H28N2O3S/c1-17(2)24(23-11-6-5-8-19(23)4)26-25(28)20-9-7-10-22(16-20)31(29,30)27-21-14-12-18(3)13-15-21/h5-17,24,27H,1-4H3,(H,26,28)/t24-/m1/s1. The summed E-state index contributed by atoms with van der Waals surface area (Å²) < 4.78 is 28.2. The normalized spacial score (nSPS) is 12.4. The second kappa shape index (κ2) is 9.35. The van der Waals surface area contributed by atoms with E-state index in [4.69, 9.17) is 0 Å². The molecule has 0 aliphatic rings. The van der Waals surface area contributed by atoms with Crippen molar-refractivity contribution in [2.75, 3.05) is 4.72 Å². The lowest BCUT2D eigenvalue weighted by Crippen LogP contribution is -2.32. The summed E-state index contributed by atoms with van der Waals surface area (Å²) >= 11 is 0. The van der Waals surface area contributed by atoms with Crippen LogP contribution in [0.2, 0.25) is 0 Å². The molecule has 2 N–H and O–H groups in total. The topological polar surface area (TPSA) is 75.3 Å². The molecule has 0 spiro atoms. The number of carbonyl (C=O) groups excluding carboxylic acids is 1. The van der Waals surface area contributed by atoms with Crippen molar-refractivity contribution in [2.24, 2.45) is 5.92 Å². The summed E-state index contributed by atoms with van der Waals surface area (Å²) in [7, 11) is -3.82. The van der Waals surface area contributed by atoms with E-state index in [1.807, 2.05) is 64.1 Å². The van der Waals surface area contributed by atoms with Gasteiger partial charge in [-0.15, -0.1) is 0 Å². The van der Waals surface area contributed by atoms with E-state index < -0.39 is 10.0 Å². The van der Waals surface area contributed by atoms with Crippen molar-refractivity contribution in [1.82, 2.24) is 5.32 Å². The molecule has 0 radical (unpaired) electrons. The Morgan fingerprint density at radius 1 is 0.871 bits per heavy atom. The highest BCUT2D eigenvalue weighted by molar-refractivity contribution is 7.92. The smallest absolute Gasteiger partial charge is 0.261 e. The number of aryl methyl sites for hydroxylation is 2. The van der Waals surface area contributed by atoms with Crippen LogP contribution in [0.15, 0.2) is 77.7 Å². The molecule has 0 aromatic heterocycles. The van der Waals surface area contributed by atoms with E-state index in [9.17, 15) is 13.2 Å². The van der Waals surface area contributed by atoms with Gasteiger partial charge in [0.05, 0.1) is 10.9 Å². The van der Waals surface area contributed by atoms with E-state index in [1.54, 1.807) is 24.3 Å². The molecule has 0 unspecified atom stereocenters. The second-order valence-corrected chi connectivity index (χ2v) is 9.73. The molecule has 1 atom stereocenters. The molecule has 0 saturated heterocycles. The Labute approximate surface area is 184 Å². The van der Waals surface area contributed by atoms with Gasteiger partial charge < -0.3 is 5.32 Å². The third-order valence-corrected chi connectivity index (χ3v) is 6.57. The molecule has 0 bridgehead atoms. The lowest BCUT2D eigenvalue weighted by Gasteiger charge is -2.24. The molecule has 3 aromatic carbocycles. The van der Waals surface area contributed by atoms with Gasteiger partial charge in [-0.05, 0) is 61.2 Å². The molecule has 0 saturated carbocycles. The average molecular weight is 437 g/mol. The van der Waals surface area contributed by atoms with Crippen molar-refractivity contribution in [1.29, 1.82) is 0 Å². The number of sulfonamides is 1. The summed E-state index contributed by atoms with van der Waals surface area (Å²) in [4.78, 5) is 13.0. The van der Waals surface area contributed by atoms with Crippen LogP contribution in [-0.2, 0) is 10.0 Å². The van der Waals surface area contributed by atoms with Crippen LogP contribution >= 0.6 is 0 Å². The van der Waals surface area contributed by atoms with Crippen LogP contribution in [-0.4, -0.2) is 14.3 Å². The molecule has 162 valence electrons. The van der Waals surface area contributed by atoms with E-state index in [-0.39, 0.29) is 22.8 Å². The minimum Gasteiger partial charge on any atom is -0.345 e. The van der Waals surface area contributed by atoms with Gasteiger partial charge in [0.1, 0.15) is 0 Å². The SMILES string of the molecule is Cc1ccc(NS(=O)(=O)c2cccc(C(=O)N[C@@H](c3ccccc3C)C(C)C)c2)cc1. The molecule has 1 amide bonds. The van der Waals surface area contributed by atoms with Gasteiger partial charge in [0.25, 0.3) is 15.9 Å². The molecule has 0 heterocycles. The molecule has 5 nitrogen and oxygen atoms in total. The first-order valence-corrected chi connectivity index (χ1v) is 11.7. The van der Waals surface area contributed by atoms with Crippen molar-refractivity contribution >= 4 is 21.6 Å². The summed E-state index contributed by atoms with van der Waals surface area (Å²) in [5, 5.41) is 3.07. The van der Waals surface area contributed by atoms with Gasteiger partial charge in [0, 0.05) is 11.3 Å². The minimum atomic E-state index is -3.82. The van der Waals surface area contributed by atoms with Crippen LogP contribution in [0.5, 0.6) is 0 Å². The summed E-state index contributed by atoms with van der Waals surface area (Å²) in [5.41, 5.74) is 3.96. The fourth-order valence-corrected chi connectivity index (χ4v) is 4.51. The summed E-state index contributed by atoms with van der Waals surface area (Å²) in [6, 6.07) is 20.9. The number of amides is 1. The van der Waals surface area contributed by atoms with E-state index in [2.05, 4.69) is 10.0 Å². The fourth-order valence-electron chi connectivity index (χ4n) is 3.40. The van der Waals surface area contributed by atoms with Gasteiger partial charge in [0.15, 0.2) is 0 Å². The summed E-state index contributed by atoms with van der Waals surface area (Å²) in [6.07, 6.45) is 0. The Morgan fingerprint density at radius 2 is 1.55 bits per heavy atom. The first kappa shape index (κ1) is 22.6. The van der Waals surface area contributed by atoms with Gasteiger partial charge in [-0.3, -0.25) is 9.52 Å². The van der Waals surface area contributed by atoms with Gasteiger partial charge in [-0.2, -0.15) is 0 Å². The molecule has 0 fully saturated rings. The number of nitrogens with one attached hydrogen (secondary N) is 2. The van der Waals surface area contributed by atoms with Crippen molar-refractivity contribution < 1.29 is 13.2 Å². The Bertz CT molecular complexity index is 1170. The number of carbonyl (C=O) groups is 1. The third-order valence-electron chi connectivity index (χ3n) is 5.19. The summed E-state index contributed by atoms with van der Waals surface area (Å²) in [6.45, 7) is 8.04. The van der Waals surface area contributed by atoms with Gasteiger partial charge in [-0.25, -0.2) is 8.42 Å². The van der Waals surface area contributed by atoms with Gasteiger partial charge in [-0.1, -0.05) is 61.9 Å². The zero-order chi connectivity index (χ0) is 22.6. The molecule has 31 heavy (non-hydrogen) atoms. The Morgan fingerprint density at radius 3 is 2.19 bits per heavy atom. The van der Waals surface area contributed by atoms with Crippen molar-refractivity contribution in [2.45, 2.75) is 38.6 Å². The third kappa shape index (κ3) is 5.52. The van der Waals surface area contributed by atoms with E-state index >= 15 is 0 Å². The van der Waals surface area contributed by atoms with Crippen molar-refractivity contribution in [3.05, 3.63) is 95.1 Å². The largest absolute Gasteiger partial charge is 0.345 e. The van der Waals surface area contributed by atoms with Crippen LogP contribution in [0, 0.1) is 19.8 Å². The Kier molecular flexibility index (Phi) is 6.81. The molecule has 3 aromatic rings. The van der Waals surface area contributed by atoms with Crippen LogP contribution in [0.1, 0.15) is 46.9 Å². The average Bonchev–Trinajstić information content (AvgIpc) is 2.74. The first-order valence-electron chi connectivity index (χ1n) is 10.2. The highest BCUT2D eigenvalue weighted by Crippen LogP contribution is 2.25. The van der Waals surface area contributed by atoms with Crippen LogP contribution in [0.3, 0.4) is 0 Å². The zero-order valence-electron chi connectivity index (χ0n) is 18.2. The van der Waals surface area contributed by atoms with Crippen molar-refractivity contribution in [3.8, 4) is 0 Å². The van der Waals surface area contributed by atoms with Crippen LogP contribution in [0.4, 0.5) is 5.69 Å². The molecule has 0 aliphatic carbocycles. The lowest BCUT2D eigenvalue weighted by atomic mass is 9.92. The summed E-state index contributed by atoms with van der Waals surface area (Å²) in [5.74, 6) is -0.144. The predicted octanol–water partition coefficient (Wildman–Crippen LogP) is 5.23. The van der Waals surface area contributed by atoms with Gasteiger partial charge >= 0.3 is 0 Å². The Balaban J connectivity index is 1.83. The molecule has 3 rings (SSSR count). The number of hydrogen-bond acceptors (Lipinski definition) is 3. The zero-order valence-corrected chi connectivity index (χ0v) is 19.0. The first-order chi connectivity index (χ1) is 14.7. The fraction of sp³-hybridized carbons (Fsp3) is 0.240. The maximum Gasteiger partial charge on any atom is 0.261 e. The van der Waals surface area contributed by atoms with E-state index in [1.165, 1.54) is 12.1 Å². The lowest BCUT2D eigenvalue weighted by molar-refractivity contribution is 0.0925. The van der Waals surface area contributed by atoms with Crippen LogP contribution in [0.25, 0.3) is 0 Å². The van der Waals surface area contributed by atoms with Crippen LogP contribution < -0.4 is 10.0 Å². The molecule has 0 aliphatic heterocycles. The minimum absolute atomic E-state index is 0.0395. The van der Waals surface area contributed by atoms with Crippen molar-refractivity contribution in [3.63, 3.8) is 0 Å². The monoisotopic (exact) mass is 436 g/mol. The number of rotatable bonds is 7. The maximum atomic E-state index is 13.0. The predicted molar refractivity (Wildman–Crippen MR) is 125 cm³/mol. The number of hydrogen-bond donors (Lipinski definition) is 2. The van der Waals surface area contributed by atoms with Gasteiger partial charge in [0.2, 0.25) is 0 Å². The van der Waals surface area contributed by atoms with E-state index in [0.717, 1.165) is 16.7 Å². The number of benzene rings is 3. The molecule has 6 heteroatoms. The Hall–Kier alpha value is -3.12. The number of anilines is 1. The second-order valence-electron chi connectivity index (χ2n) is 8.05. The maximum absolute atomic E-state index is 13.0.